The number of amides is 1. The van der Waals surface area contributed by atoms with Crippen LogP contribution in [0.25, 0.3) is 0 Å². The molecule has 3 unspecified atom stereocenters. The number of rotatable bonds is 7. The molecule has 1 aromatic rings. The van der Waals surface area contributed by atoms with Gasteiger partial charge in [0.2, 0.25) is 5.91 Å². The van der Waals surface area contributed by atoms with Crippen LogP contribution in [0.4, 0.5) is 0 Å². The van der Waals surface area contributed by atoms with Crippen molar-refractivity contribution in [3.63, 3.8) is 0 Å². The largest absolute Gasteiger partial charge is 0.481 e. The minimum Gasteiger partial charge on any atom is -0.481 e. The molecule has 2 fully saturated rings. The van der Waals surface area contributed by atoms with Crippen LogP contribution in [0.1, 0.15) is 58.1 Å². The van der Waals surface area contributed by atoms with Crippen molar-refractivity contribution in [2.45, 2.75) is 64.1 Å². The molecule has 0 bridgehead atoms. The summed E-state index contributed by atoms with van der Waals surface area (Å²) in [6, 6.07) is 7.62. The van der Waals surface area contributed by atoms with Crippen molar-refractivity contribution >= 4 is 23.5 Å². The average molecular weight is 437 g/mol. The minimum atomic E-state index is -0.916. The van der Waals surface area contributed by atoms with Crippen molar-refractivity contribution < 1.29 is 19.4 Å². The second-order valence-electron chi connectivity index (χ2n) is 9.06. The molecule has 0 aromatic heterocycles. The summed E-state index contributed by atoms with van der Waals surface area (Å²) in [6.07, 6.45) is 2.05. The SMILES string of the molecule is CCC(CN1CCOCC1(C)C)N1C(=O)C(CC(=O)O)CCC1c1ccc(Cl)cc1. The van der Waals surface area contributed by atoms with E-state index in [2.05, 4.69) is 25.7 Å². The summed E-state index contributed by atoms with van der Waals surface area (Å²) in [7, 11) is 0. The van der Waals surface area contributed by atoms with E-state index >= 15 is 0 Å². The molecule has 2 heterocycles. The predicted octanol–water partition coefficient (Wildman–Crippen LogP) is 3.98. The summed E-state index contributed by atoms with van der Waals surface area (Å²) in [5, 5.41) is 9.97. The highest BCUT2D eigenvalue weighted by atomic mass is 35.5. The third kappa shape index (κ3) is 5.16. The van der Waals surface area contributed by atoms with Gasteiger partial charge in [0, 0.05) is 35.6 Å². The molecule has 0 aliphatic carbocycles. The summed E-state index contributed by atoms with van der Waals surface area (Å²) in [5.74, 6) is -1.42. The van der Waals surface area contributed by atoms with Crippen molar-refractivity contribution in [1.82, 2.24) is 9.80 Å². The number of morpholine rings is 1. The van der Waals surface area contributed by atoms with Gasteiger partial charge in [-0.1, -0.05) is 30.7 Å². The molecule has 3 atom stereocenters. The average Bonchev–Trinajstić information content (AvgIpc) is 2.69. The van der Waals surface area contributed by atoms with Crippen molar-refractivity contribution in [3.8, 4) is 0 Å². The smallest absolute Gasteiger partial charge is 0.304 e. The highest BCUT2D eigenvalue weighted by Crippen LogP contribution is 2.38. The molecular weight excluding hydrogens is 404 g/mol. The normalized spacial score (nSPS) is 25.9. The maximum atomic E-state index is 13.5. The number of likely N-dealkylation sites (tertiary alicyclic amines) is 1. The molecule has 0 radical (unpaired) electrons. The summed E-state index contributed by atoms with van der Waals surface area (Å²) < 4.78 is 5.66. The molecule has 1 aromatic carbocycles. The molecule has 2 aliphatic rings. The predicted molar refractivity (Wildman–Crippen MR) is 117 cm³/mol. The first-order chi connectivity index (χ1) is 14.2. The number of ether oxygens (including phenoxy) is 1. The van der Waals surface area contributed by atoms with Gasteiger partial charge in [-0.15, -0.1) is 0 Å². The van der Waals surface area contributed by atoms with Crippen LogP contribution in [0.5, 0.6) is 0 Å². The Labute approximate surface area is 184 Å². The number of carbonyl (C=O) groups excluding carboxylic acids is 1. The monoisotopic (exact) mass is 436 g/mol. The van der Waals surface area contributed by atoms with Gasteiger partial charge in [0.25, 0.3) is 0 Å². The van der Waals surface area contributed by atoms with E-state index in [1.165, 1.54) is 0 Å². The summed E-state index contributed by atoms with van der Waals surface area (Å²) >= 11 is 6.08. The number of hydrogen-bond donors (Lipinski definition) is 1. The van der Waals surface area contributed by atoms with Gasteiger partial charge in [-0.25, -0.2) is 0 Å². The van der Waals surface area contributed by atoms with Crippen LogP contribution >= 0.6 is 11.6 Å². The number of piperidine rings is 1. The lowest BCUT2D eigenvalue weighted by Gasteiger charge is -2.49. The Hall–Kier alpha value is -1.63. The standard InChI is InChI=1S/C23H33ClN2O4/c1-4-19(14-25-11-12-30-15-23(25,2)3)26-20(16-5-8-18(24)9-6-16)10-7-17(22(26)29)13-21(27)28/h5-6,8-9,17,19-20H,4,7,10-15H2,1-3H3,(H,27,28). The fourth-order valence-electron chi connectivity index (χ4n) is 4.73. The molecule has 0 spiro atoms. The summed E-state index contributed by atoms with van der Waals surface area (Å²) in [5.41, 5.74) is 0.960. The summed E-state index contributed by atoms with van der Waals surface area (Å²) in [6.45, 7) is 9.38. The Morgan fingerprint density at radius 2 is 2.00 bits per heavy atom. The second kappa shape index (κ2) is 9.67. The van der Waals surface area contributed by atoms with Gasteiger partial charge in [-0.05, 0) is 50.8 Å². The van der Waals surface area contributed by atoms with Crippen LogP contribution in [0.15, 0.2) is 24.3 Å². The lowest BCUT2D eigenvalue weighted by Crippen LogP contribution is -2.59. The third-order valence-electron chi connectivity index (χ3n) is 6.52. The van der Waals surface area contributed by atoms with E-state index in [1.807, 2.05) is 29.2 Å². The molecule has 1 amide bonds. The minimum absolute atomic E-state index is 0.00662. The topological polar surface area (TPSA) is 70.1 Å². The Bertz CT molecular complexity index is 752. The van der Waals surface area contributed by atoms with Gasteiger partial charge in [-0.3, -0.25) is 14.5 Å². The first kappa shape index (κ1) is 23.0. The Kier molecular flexibility index (Phi) is 7.43. The molecule has 7 heteroatoms. The lowest BCUT2D eigenvalue weighted by atomic mass is 9.84. The number of halogens is 1. The van der Waals surface area contributed by atoms with Crippen LogP contribution < -0.4 is 0 Å². The molecule has 30 heavy (non-hydrogen) atoms. The fraction of sp³-hybridized carbons (Fsp3) is 0.652. The van der Waals surface area contributed by atoms with Gasteiger partial charge in [0.15, 0.2) is 0 Å². The maximum absolute atomic E-state index is 13.5. The van der Waals surface area contributed by atoms with E-state index in [0.717, 1.165) is 31.5 Å². The van der Waals surface area contributed by atoms with E-state index in [-0.39, 0.29) is 30.0 Å². The molecular formula is C23H33ClN2O4. The molecule has 1 N–H and O–H groups in total. The van der Waals surface area contributed by atoms with Crippen molar-refractivity contribution in [3.05, 3.63) is 34.9 Å². The number of aliphatic carboxylic acids is 1. The molecule has 6 nitrogen and oxygen atoms in total. The van der Waals surface area contributed by atoms with Crippen molar-refractivity contribution in [2.75, 3.05) is 26.3 Å². The summed E-state index contributed by atoms with van der Waals surface area (Å²) in [4.78, 5) is 29.2. The third-order valence-corrected chi connectivity index (χ3v) is 6.77. The zero-order valence-corrected chi connectivity index (χ0v) is 18.9. The quantitative estimate of drug-likeness (QED) is 0.699. The highest BCUT2D eigenvalue weighted by Gasteiger charge is 2.42. The van der Waals surface area contributed by atoms with Crippen molar-refractivity contribution in [1.29, 1.82) is 0 Å². The van der Waals surface area contributed by atoms with E-state index in [1.54, 1.807) is 0 Å². The maximum Gasteiger partial charge on any atom is 0.304 e. The highest BCUT2D eigenvalue weighted by molar-refractivity contribution is 6.30. The van der Waals surface area contributed by atoms with E-state index in [0.29, 0.717) is 24.7 Å². The number of nitrogens with zero attached hydrogens (tertiary/aromatic N) is 2. The Balaban J connectivity index is 1.90. The van der Waals surface area contributed by atoms with Crippen LogP contribution in [0.3, 0.4) is 0 Å². The van der Waals surface area contributed by atoms with E-state index in [9.17, 15) is 14.7 Å². The van der Waals surface area contributed by atoms with E-state index in [4.69, 9.17) is 16.3 Å². The second-order valence-corrected chi connectivity index (χ2v) is 9.49. The van der Waals surface area contributed by atoms with E-state index < -0.39 is 11.9 Å². The molecule has 2 saturated heterocycles. The fourth-order valence-corrected chi connectivity index (χ4v) is 4.86. The number of hydrogen-bond acceptors (Lipinski definition) is 4. The van der Waals surface area contributed by atoms with Crippen LogP contribution in [-0.2, 0) is 14.3 Å². The first-order valence-electron chi connectivity index (χ1n) is 10.8. The number of carboxylic acids is 1. The molecule has 0 saturated carbocycles. The molecule has 3 rings (SSSR count). The van der Waals surface area contributed by atoms with Gasteiger partial charge < -0.3 is 14.7 Å². The lowest BCUT2D eigenvalue weighted by molar-refractivity contribution is -0.153. The number of carbonyl (C=O) groups is 2. The van der Waals surface area contributed by atoms with Gasteiger partial charge in [0.05, 0.1) is 25.7 Å². The Morgan fingerprint density at radius 3 is 2.60 bits per heavy atom. The zero-order valence-electron chi connectivity index (χ0n) is 18.1. The van der Waals surface area contributed by atoms with Crippen LogP contribution in [-0.4, -0.2) is 64.7 Å². The van der Waals surface area contributed by atoms with Gasteiger partial charge in [-0.2, -0.15) is 0 Å². The van der Waals surface area contributed by atoms with Crippen LogP contribution in [0.2, 0.25) is 5.02 Å². The zero-order chi connectivity index (χ0) is 21.9. The van der Waals surface area contributed by atoms with Gasteiger partial charge in [0.1, 0.15) is 0 Å². The Morgan fingerprint density at radius 1 is 1.30 bits per heavy atom. The van der Waals surface area contributed by atoms with Crippen molar-refractivity contribution in [2.24, 2.45) is 5.92 Å². The number of carboxylic acid groups (broad SMARTS) is 1. The molecule has 2 aliphatic heterocycles. The first-order valence-corrected chi connectivity index (χ1v) is 11.2. The molecule has 166 valence electrons. The number of benzene rings is 1. The van der Waals surface area contributed by atoms with Gasteiger partial charge >= 0.3 is 5.97 Å². The van der Waals surface area contributed by atoms with Crippen LogP contribution in [0, 0.1) is 5.92 Å².